The maximum absolute atomic E-state index is 12.8. The summed E-state index contributed by atoms with van der Waals surface area (Å²) in [7, 11) is 0.424. The molecule has 1 atom stereocenters. The fourth-order valence-corrected chi connectivity index (χ4v) is 4.54. The number of likely N-dealkylation sites (N-methyl/N-ethyl adjacent to an activating group) is 1. The van der Waals surface area contributed by atoms with Gasteiger partial charge in [0, 0.05) is 19.1 Å². The first-order valence-corrected chi connectivity index (χ1v) is 8.29. The molecular weight excluding hydrogens is 274 g/mol. The zero-order valence-electron chi connectivity index (χ0n) is 12.3. The van der Waals surface area contributed by atoms with Gasteiger partial charge < -0.3 is 10.6 Å². The van der Waals surface area contributed by atoms with Crippen molar-refractivity contribution in [2.75, 3.05) is 32.9 Å². The molecule has 1 unspecified atom stereocenters. The van der Waals surface area contributed by atoms with Crippen LogP contribution in [0.2, 0.25) is 0 Å². The summed E-state index contributed by atoms with van der Waals surface area (Å²) in [6.07, 6.45) is 1.81. The fourth-order valence-electron chi connectivity index (χ4n) is 2.76. The third-order valence-electron chi connectivity index (χ3n) is 3.65. The lowest BCUT2D eigenvalue weighted by Gasteiger charge is -2.27. The van der Waals surface area contributed by atoms with Crippen LogP contribution in [0.25, 0.3) is 0 Å². The Kier molecular flexibility index (Phi) is 4.36. The van der Waals surface area contributed by atoms with E-state index in [0.29, 0.717) is 12.2 Å². The average molecular weight is 297 g/mol. The molecule has 2 rings (SSSR count). The lowest BCUT2D eigenvalue weighted by molar-refractivity contribution is 0.291. The van der Waals surface area contributed by atoms with Gasteiger partial charge in [-0.25, -0.2) is 8.42 Å². The van der Waals surface area contributed by atoms with Crippen LogP contribution < -0.4 is 5.73 Å². The number of nitrogens with two attached hydrogens (primary N) is 1. The number of anilines is 1. The summed E-state index contributed by atoms with van der Waals surface area (Å²) in [4.78, 5) is 2.26. The minimum absolute atomic E-state index is 0.0377. The molecule has 1 heterocycles. The molecule has 2 N–H and O–H groups in total. The molecule has 0 radical (unpaired) electrons. The van der Waals surface area contributed by atoms with Gasteiger partial charge in [-0.15, -0.1) is 0 Å². The maximum Gasteiger partial charge on any atom is 0.245 e. The number of nitrogen functional groups attached to an aromatic ring is 1. The highest BCUT2D eigenvalue weighted by Crippen LogP contribution is 2.29. The highest BCUT2D eigenvalue weighted by atomic mass is 32.2. The van der Waals surface area contributed by atoms with Crippen molar-refractivity contribution in [1.82, 2.24) is 9.21 Å². The summed E-state index contributed by atoms with van der Waals surface area (Å²) in [6, 6.07) is 5.16. The minimum atomic E-state index is -3.50. The predicted octanol–water partition coefficient (Wildman–Crippen LogP) is 1.29. The Morgan fingerprint density at radius 1 is 1.40 bits per heavy atom. The van der Waals surface area contributed by atoms with Crippen LogP contribution in [0.4, 0.5) is 5.69 Å². The maximum atomic E-state index is 12.8. The van der Waals surface area contributed by atoms with Gasteiger partial charge >= 0.3 is 0 Å². The molecule has 6 heteroatoms. The number of rotatable bonds is 4. The first-order chi connectivity index (χ1) is 9.32. The van der Waals surface area contributed by atoms with E-state index >= 15 is 0 Å². The first kappa shape index (κ1) is 15.3. The molecule has 1 saturated heterocycles. The SMILES string of the molecule is Cc1ccc(S(=O)(=O)N2CCCC2CN(C)C)c(N)c1. The molecule has 0 spiro atoms. The number of sulfonamides is 1. The highest BCUT2D eigenvalue weighted by molar-refractivity contribution is 7.89. The third-order valence-corrected chi connectivity index (χ3v) is 5.68. The van der Waals surface area contributed by atoms with Crippen molar-refractivity contribution >= 4 is 15.7 Å². The molecule has 112 valence electrons. The molecule has 20 heavy (non-hydrogen) atoms. The average Bonchev–Trinajstić information content (AvgIpc) is 2.76. The Balaban J connectivity index is 2.34. The summed E-state index contributed by atoms with van der Waals surface area (Å²) in [5, 5.41) is 0. The van der Waals surface area contributed by atoms with Crippen LogP contribution >= 0.6 is 0 Å². The Morgan fingerprint density at radius 2 is 2.10 bits per heavy atom. The van der Waals surface area contributed by atoms with Crippen LogP contribution in [0.3, 0.4) is 0 Å². The largest absolute Gasteiger partial charge is 0.398 e. The van der Waals surface area contributed by atoms with Gasteiger partial charge in [-0.3, -0.25) is 0 Å². The summed E-state index contributed by atoms with van der Waals surface area (Å²) in [6.45, 7) is 3.22. The molecule has 0 aliphatic carbocycles. The van der Waals surface area contributed by atoms with Crippen molar-refractivity contribution in [3.8, 4) is 0 Å². The standard InChI is InChI=1S/C14H23N3O2S/c1-11-6-7-14(13(15)9-11)20(18,19)17-8-4-5-12(17)10-16(2)3/h6-7,9,12H,4-5,8,10,15H2,1-3H3. The zero-order valence-corrected chi connectivity index (χ0v) is 13.2. The van der Waals surface area contributed by atoms with Crippen molar-refractivity contribution in [3.05, 3.63) is 23.8 Å². The summed E-state index contributed by atoms with van der Waals surface area (Å²) >= 11 is 0. The van der Waals surface area contributed by atoms with Gasteiger partial charge in [0.05, 0.1) is 5.69 Å². The molecule has 0 amide bonds. The van der Waals surface area contributed by atoms with Gasteiger partial charge in [0.2, 0.25) is 10.0 Å². The van der Waals surface area contributed by atoms with Crippen LogP contribution in [0.15, 0.2) is 23.1 Å². The van der Waals surface area contributed by atoms with Crippen LogP contribution in [-0.4, -0.2) is 50.8 Å². The van der Waals surface area contributed by atoms with E-state index in [1.54, 1.807) is 22.5 Å². The Hall–Kier alpha value is -1.11. The molecular formula is C14H23N3O2S. The first-order valence-electron chi connectivity index (χ1n) is 6.85. The third kappa shape index (κ3) is 2.97. The van der Waals surface area contributed by atoms with Gasteiger partial charge in [-0.05, 0) is 51.6 Å². The van der Waals surface area contributed by atoms with E-state index in [0.717, 1.165) is 24.9 Å². The van der Waals surface area contributed by atoms with E-state index in [9.17, 15) is 8.42 Å². The highest BCUT2D eigenvalue weighted by Gasteiger charge is 2.36. The van der Waals surface area contributed by atoms with E-state index in [2.05, 4.69) is 0 Å². The summed E-state index contributed by atoms with van der Waals surface area (Å²) in [5.74, 6) is 0. The fraction of sp³-hybridized carbons (Fsp3) is 0.571. The number of hydrogen-bond donors (Lipinski definition) is 1. The van der Waals surface area contributed by atoms with Crippen LogP contribution in [0, 0.1) is 6.92 Å². The van der Waals surface area contributed by atoms with E-state index in [1.807, 2.05) is 25.9 Å². The number of nitrogens with zero attached hydrogens (tertiary/aromatic N) is 2. The second kappa shape index (κ2) is 5.71. The summed E-state index contributed by atoms with van der Waals surface area (Å²) in [5.41, 5.74) is 7.20. The summed E-state index contributed by atoms with van der Waals surface area (Å²) < 4.78 is 27.2. The van der Waals surface area contributed by atoms with E-state index in [-0.39, 0.29) is 10.9 Å². The van der Waals surface area contributed by atoms with Crippen molar-refractivity contribution < 1.29 is 8.42 Å². The van der Waals surface area contributed by atoms with Crippen LogP contribution in [0.5, 0.6) is 0 Å². The molecule has 0 bridgehead atoms. The smallest absolute Gasteiger partial charge is 0.245 e. The lowest BCUT2D eigenvalue weighted by atomic mass is 10.2. The minimum Gasteiger partial charge on any atom is -0.398 e. The quantitative estimate of drug-likeness (QED) is 0.851. The van der Waals surface area contributed by atoms with E-state index in [1.165, 1.54) is 0 Å². The molecule has 1 fully saturated rings. The van der Waals surface area contributed by atoms with Crippen molar-refractivity contribution in [1.29, 1.82) is 0 Å². The molecule has 1 aliphatic rings. The molecule has 1 aromatic rings. The monoisotopic (exact) mass is 297 g/mol. The number of benzene rings is 1. The molecule has 5 nitrogen and oxygen atoms in total. The van der Waals surface area contributed by atoms with Gasteiger partial charge in [0.1, 0.15) is 4.90 Å². The molecule has 0 aromatic heterocycles. The van der Waals surface area contributed by atoms with Crippen molar-refractivity contribution in [2.24, 2.45) is 0 Å². The second-order valence-corrected chi connectivity index (χ2v) is 7.57. The predicted molar refractivity (Wildman–Crippen MR) is 81.1 cm³/mol. The van der Waals surface area contributed by atoms with Crippen molar-refractivity contribution in [3.63, 3.8) is 0 Å². The van der Waals surface area contributed by atoms with Gasteiger partial charge in [0.15, 0.2) is 0 Å². The normalized spacial score (nSPS) is 20.7. The second-order valence-electron chi connectivity index (χ2n) is 5.72. The van der Waals surface area contributed by atoms with Gasteiger partial charge in [-0.2, -0.15) is 4.31 Å². The van der Waals surface area contributed by atoms with Crippen LogP contribution in [-0.2, 0) is 10.0 Å². The van der Waals surface area contributed by atoms with E-state index in [4.69, 9.17) is 5.73 Å². The topological polar surface area (TPSA) is 66.6 Å². The van der Waals surface area contributed by atoms with Gasteiger partial charge in [0.25, 0.3) is 0 Å². The zero-order chi connectivity index (χ0) is 14.9. The van der Waals surface area contributed by atoms with E-state index < -0.39 is 10.0 Å². The Labute approximate surface area is 121 Å². The lowest BCUT2D eigenvalue weighted by Crippen LogP contribution is -2.41. The molecule has 1 aliphatic heterocycles. The Bertz CT molecular complexity index is 584. The van der Waals surface area contributed by atoms with Crippen molar-refractivity contribution in [2.45, 2.75) is 30.7 Å². The van der Waals surface area contributed by atoms with Gasteiger partial charge in [-0.1, -0.05) is 6.07 Å². The molecule has 1 aromatic carbocycles. The number of hydrogen-bond acceptors (Lipinski definition) is 4. The Morgan fingerprint density at radius 3 is 2.70 bits per heavy atom. The molecule has 0 saturated carbocycles. The van der Waals surface area contributed by atoms with Crippen LogP contribution in [0.1, 0.15) is 18.4 Å². The number of aryl methyl sites for hydroxylation is 1.